The highest BCUT2D eigenvalue weighted by molar-refractivity contribution is 4.90. The van der Waals surface area contributed by atoms with Crippen molar-refractivity contribution in [1.82, 2.24) is 5.32 Å². The Hall–Kier alpha value is -0.300. The Morgan fingerprint density at radius 3 is 2.27 bits per heavy atom. The van der Waals surface area contributed by atoms with Gasteiger partial charge in [-0.05, 0) is 25.3 Å². The number of rotatable bonds is 5. The van der Waals surface area contributed by atoms with Crippen LogP contribution in [0.5, 0.6) is 0 Å². The molecule has 0 aliphatic carbocycles. The standard InChI is InChI=1S/C10H21N/c1-8(2)6-11-7-10(5)9(3)4/h9-11H,1,6-7H2,2-5H3. The van der Waals surface area contributed by atoms with Crippen molar-refractivity contribution in [3.05, 3.63) is 12.2 Å². The number of hydrogen-bond acceptors (Lipinski definition) is 1. The minimum absolute atomic E-state index is 0.759. The summed E-state index contributed by atoms with van der Waals surface area (Å²) in [6.07, 6.45) is 0. The largest absolute Gasteiger partial charge is 0.313 e. The van der Waals surface area contributed by atoms with Crippen molar-refractivity contribution in [2.45, 2.75) is 27.7 Å². The highest BCUT2D eigenvalue weighted by Gasteiger charge is 2.04. The van der Waals surface area contributed by atoms with Crippen LogP contribution >= 0.6 is 0 Å². The Bertz CT molecular complexity index is 116. The number of nitrogens with one attached hydrogen (secondary N) is 1. The lowest BCUT2D eigenvalue weighted by molar-refractivity contribution is 0.399. The molecule has 0 saturated heterocycles. The molecule has 66 valence electrons. The van der Waals surface area contributed by atoms with Gasteiger partial charge in [-0.2, -0.15) is 0 Å². The highest BCUT2D eigenvalue weighted by Crippen LogP contribution is 2.07. The van der Waals surface area contributed by atoms with Crippen LogP contribution in [-0.4, -0.2) is 13.1 Å². The summed E-state index contributed by atoms with van der Waals surface area (Å²) in [7, 11) is 0. The van der Waals surface area contributed by atoms with Gasteiger partial charge in [0.1, 0.15) is 0 Å². The van der Waals surface area contributed by atoms with Gasteiger partial charge in [-0.3, -0.25) is 0 Å². The minimum atomic E-state index is 0.759. The molecule has 0 radical (unpaired) electrons. The quantitative estimate of drug-likeness (QED) is 0.601. The molecule has 0 saturated carbocycles. The van der Waals surface area contributed by atoms with Crippen molar-refractivity contribution < 1.29 is 0 Å². The molecule has 0 aromatic carbocycles. The Morgan fingerprint density at radius 2 is 1.91 bits per heavy atom. The summed E-state index contributed by atoms with van der Waals surface area (Å²) < 4.78 is 0. The van der Waals surface area contributed by atoms with E-state index in [-0.39, 0.29) is 0 Å². The van der Waals surface area contributed by atoms with Gasteiger partial charge < -0.3 is 5.32 Å². The van der Waals surface area contributed by atoms with E-state index in [1.807, 2.05) is 6.92 Å². The smallest absolute Gasteiger partial charge is 0.0159 e. The summed E-state index contributed by atoms with van der Waals surface area (Å²) >= 11 is 0. The van der Waals surface area contributed by atoms with Crippen LogP contribution in [-0.2, 0) is 0 Å². The fraction of sp³-hybridized carbons (Fsp3) is 0.800. The molecule has 1 atom stereocenters. The molecule has 0 aliphatic rings. The van der Waals surface area contributed by atoms with Gasteiger partial charge in [-0.25, -0.2) is 0 Å². The van der Waals surface area contributed by atoms with Crippen LogP contribution in [0.3, 0.4) is 0 Å². The molecule has 0 aromatic rings. The number of hydrogen-bond donors (Lipinski definition) is 1. The van der Waals surface area contributed by atoms with Gasteiger partial charge in [0.15, 0.2) is 0 Å². The van der Waals surface area contributed by atoms with E-state index >= 15 is 0 Å². The van der Waals surface area contributed by atoms with Gasteiger partial charge in [0.25, 0.3) is 0 Å². The molecule has 0 amide bonds. The van der Waals surface area contributed by atoms with Crippen LogP contribution in [0.4, 0.5) is 0 Å². The van der Waals surface area contributed by atoms with Gasteiger partial charge in [0.05, 0.1) is 0 Å². The van der Waals surface area contributed by atoms with E-state index in [4.69, 9.17) is 0 Å². The lowest BCUT2D eigenvalue weighted by Crippen LogP contribution is -2.25. The average molecular weight is 155 g/mol. The summed E-state index contributed by atoms with van der Waals surface area (Å²) in [5.41, 5.74) is 1.21. The Morgan fingerprint density at radius 1 is 1.36 bits per heavy atom. The molecule has 11 heavy (non-hydrogen) atoms. The maximum Gasteiger partial charge on any atom is 0.0159 e. The molecular formula is C10H21N. The summed E-state index contributed by atoms with van der Waals surface area (Å²) in [4.78, 5) is 0. The third-order valence-electron chi connectivity index (χ3n) is 2.03. The molecule has 1 heteroatoms. The van der Waals surface area contributed by atoms with Crippen LogP contribution in [0.1, 0.15) is 27.7 Å². The van der Waals surface area contributed by atoms with Gasteiger partial charge >= 0.3 is 0 Å². The molecule has 0 rings (SSSR count). The first-order valence-corrected chi connectivity index (χ1v) is 4.39. The summed E-state index contributed by atoms with van der Waals surface area (Å²) in [5, 5.41) is 3.37. The second kappa shape index (κ2) is 5.36. The molecule has 0 aromatic heterocycles. The first-order chi connectivity index (χ1) is 5.04. The van der Waals surface area contributed by atoms with Crippen LogP contribution in [0.25, 0.3) is 0 Å². The first kappa shape index (κ1) is 10.7. The topological polar surface area (TPSA) is 12.0 Å². The highest BCUT2D eigenvalue weighted by atomic mass is 14.9. The summed E-state index contributed by atoms with van der Waals surface area (Å²) in [6, 6.07) is 0. The Balaban J connectivity index is 3.31. The molecule has 1 N–H and O–H groups in total. The zero-order chi connectivity index (χ0) is 8.85. The van der Waals surface area contributed by atoms with E-state index in [9.17, 15) is 0 Å². The third kappa shape index (κ3) is 6.11. The second-order valence-electron chi connectivity index (χ2n) is 3.81. The molecule has 0 fully saturated rings. The minimum Gasteiger partial charge on any atom is -0.313 e. The summed E-state index contributed by atoms with van der Waals surface area (Å²) in [5.74, 6) is 1.53. The van der Waals surface area contributed by atoms with Crippen molar-refractivity contribution >= 4 is 0 Å². The third-order valence-corrected chi connectivity index (χ3v) is 2.03. The maximum atomic E-state index is 3.83. The van der Waals surface area contributed by atoms with E-state index in [1.54, 1.807) is 0 Å². The van der Waals surface area contributed by atoms with E-state index in [0.29, 0.717) is 0 Å². The summed E-state index contributed by atoms with van der Waals surface area (Å²) in [6.45, 7) is 14.7. The lowest BCUT2D eigenvalue weighted by atomic mass is 9.98. The van der Waals surface area contributed by atoms with Crippen molar-refractivity contribution in [1.29, 1.82) is 0 Å². The fourth-order valence-electron chi connectivity index (χ4n) is 0.749. The van der Waals surface area contributed by atoms with Gasteiger partial charge in [0, 0.05) is 6.54 Å². The maximum absolute atomic E-state index is 3.83. The monoisotopic (exact) mass is 155 g/mol. The predicted octanol–water partition coefficient (Wildman–Crippen LogP) is 2.44. The van der Waals surface area contributed by atoms with Crippen molar-refractivity contribution in [3.63, 3.8) is 0 Å². The fourth-order valence-corrected chi connectivity index (χ4v) is 0.749. The van der Waals surface area contributed by atoms with Crippen molar-refractivity contribution in [3.8, 4) is 0 Å². The van der Waals surface area contributed by atoms with Crippen LogP contribution in [0.15, 0.2) is 12.2 Å². The molecule has 1 unspecified atom stereocenters. The van der Waals surface area contributed by atoms with Crippen LogP contribution in [0.2, 0.25) is 0 Å². The van der Waals surface area contributed by atoms with E-state index in [2.05, 4.69) is 32.7 Å². The predicted molar refractivity (Wildman–Crippen MR) is 51.7 cm³/mol. The van der Waals surface area contributed by atoms with Gasteiger partial charge in [0.2, 0.25) is 0 Å². The molecule has 0 bridgehead atoms. The second-order valence-corrected chi connectivity index (χ2v) is 3.81. The Labute approximate surface area is 70.9 Å². The lowest BCUT2D eigenvalue weighted by Gasteiger charge is -2.15. The zero-order valence-corrected chi connectivity index (χ0v) is 8.28. The molecule has 1 nitrogen and oxygen atoms in total. The van der Waals surface area contributed by atoms with Crippen molar-refractivity contribution in [2.24, 2.45) is 11.8 Å². The molecule has 0 heterocycles. The van der Waals surface area contributed by atoms with E-state index in [1.165, 1.54) is 5.57 Å². The van der Waals surface area contributed by atoms with Crippen LogP contribution in [0, 0.1) is 11.8 Å². The van der Waals surface area contributed by atoms with Crippen LogP contribution < -0.4 is 5.32 Å². The normalized spacial score (nSPS) is 13.5. The first-order valence-electron chi connectivity index (χ1n) is 4.39. The molecule has 0 aliphatic heterocycles. The Kier molecular flexibility index (Phi) is 5.22. The van der Waals surface area contributed by atoms with Gasteiger partial charge in [-0.15, -0.1) is 0 Å². The molecular weight excluding hydrogens is 134 g/mol. The molecule has 0 spiro atoms. The zero-order valence-electron chi connectivity index (χ0n) is 8.28. The van der Waals surface area contributed by atoms with Crippen molar-refractivity contribution in [2.75, 3.05) is 13.1 Å². The van der Waals surface area contributed by atoms with E-state index in [0.717, 1.165) is 24.9 Å². The SMILES string of the molecule is C=C(C)CNCC(C)C(C)C. The average Bonchev–Trinajstić information content (AvgIpc) is 1.86. The van der Waals surface area contributed by atoms with E-state index < -0.39 is 0 Å². The van der Waals surface area contributed by atoms with Gasteiger partial charge in [-0.1, -0.05) is 32.9 Å².